The van der Waals surface area contributed by atoms with E-state index >= 15 is 4.39 Å². The van der Waals surface area contributed by atoms with Crippen molar-refractivity contribution in [3.63, 3.8) is 0 Å². The Balaban J connectivity index is 0.746. The van der Waals surface area contributed by atoms with Crippen LogP contribution in [0.4, 0.5) is 21.8 Å². The predicted molar refractivity (Wildman–Crippen MR) is 238 cm³/mol. The van der Waals surface area contributed by atoms with Crippen molar-refractivity contribution in [2.24, 2.45) is 0 Å². The molecule has 2 aromatic heterocycles. The summed E-state index contributed by atoms with van der Waals surface area (Å²) in [6.07, 6.45) is 7.62. The number of fused-ring (bicyclic) bond motifs is 2. The van der Waals surface area contributed by atoms with Gasteiger partial charge in [0.25, 0.3) is 17.4 Å². The lowest BCUT2D eigenvalue weighted by Crippen LogP contribution is -2.58. The van der Waals surface area contributed by atoms with Gasteiger partial charge in [0.15, 0.2) is 18.2 Å². The molecule has 4 aromatic rings. The van der Waals surface area contributed by atoms with Crippen molar-refractivity contribution in [2.45, 2.75) is 108 Å². The molecule has 1 unspecified atom stereocenters. The van der Waals surface area contributed by atoms with Crippen LogP contribution >= 0.6 is 11.6 Å². The number of likely N-dealkylation sites (N-methyl/N-ethyl adjacent to an activating group) is 1. The molecular weight excluding hydrogens is 845 g/mol. The number of carbonyl (C=O) groups is 4. The molecule has 1 saturated carbocycles. The van der Waals surface area contributed by atoms with Crippen LogP contribution in [-0.2, 0) is 25.7 Å². The quantitative estimate of drug-likeness (QED) is 0.159. The van der Waals surface area contributed by atoms with Crippen LogP contribution in [-0.4, -0.2) is 112 Å². The highest BCUT2D eigenvalue weighted by Gasteiger charge is 2.42. The average Bonchev–Trinajstić information content (AvgIpc) is 3.61. The lowest BCUT2D eigenvalue weighted by molar-refractivity contribution is -0.137. The maximum atomic E-state index is 16.0. The second-order valence-electron chi connectivity index (χ2n) is 17.8. The van der Waals surface area contributed by atoms with E-state index in [1.54, 1.807) is 29.0 Å². The van der Waals surface area contributed by atoms with Gasteiger partial charge in [0, 0.05) is 73.9 Å². The second-order valence-corrected chi connectivity index (χ2v) is 18.2. The third-order valence-electron chi connectivity index (χ3n) is 13.5. The van der Waals surface area contributed by atoms with Crippen LogP contribution in [0.5, 0.6) is 5.75 Å². The van der Waals surface area contributed by atoms with Crippen LogP contribution in [0.25, 0.3) is 10.9 Å². The van der Waals surface area contributed by atoms with Gasteiger partial charge in [-0.1, -0.05) is 17.7 Å². The topological polar surface area (TPSA) is 180 Å². The van der Waals surface area contributed by atoms with Crippen molar-refractivity contribution in [3.8, 4) is 5.75 Å². The molecule has 3 saturated heterocycles. The number of imide groups is 1. The minimum Gasteiger partial charge on any atom is -0.478 e. The first-order valence-corrected chi connectivity index (χ1v) is 22.7. The van der Waals surface area contributed by atoms with Gasteiger partial charge in [0.1, 0.15) is 16.9 Å². The van der Waals surface area contributed by atoms with Crippen LogP contribution in [0.1, 0.15) is 98.7 Å². The van der Waals surface area contributed by atoms with Crippen molar-refractivity contribution in [3.05, 3.63) is 80.5 Å². The van der Waals surface area contributed by atoms with Gasteiger partial charge in [0.2, 0.25) is 17.8 Å². The molecule has 4 aliphatic heterocycles. The van der Waals surface area contributed by atoms with Crippen LogP contribution in [0.2, 0.25) is 5.02 Å². The van der Waals surface area contributed by atoms with E-state index < -0.39 is 11.9 Å². The highest BCUT2D eigenvalue weighted by molar-refractivity contribution is 6.33. The lowest BCUT2D eigenvalue weighted by Gasteiger charge is -2.47. The smallest absolute Gasteiger partial charge is 0.293 e. The van der Waals surface area contributed by atoms with Gasteiger partial charge in [-0.05, 0) is 101 Å². The zero-order valence-corrected chi connectivity index (χ0v) is 37.0. The minimum absolute atomic E-state index is 0.0401. The third kappa shape index (κ3) is 8.64. The molecule has 2 aromatic carbocycles. The Labute approximate surface area is 374 Å². The van der Waals surface area contributed by atoms with Crippen LogP contribution in [0.3, 0.4) is 0 Å². The number of likely N-dealkylation sites (tertiary alicyclic amines) is 1. The van der Waals surface area contributed by atoms with Crippen molar-refractivity contribution in [2.75, 3.05) is 50.1 Å². The molecule has 4 amide bonds. The van der Waals surface area contributed by atoms with E-state index in [1.165, 1.54) is 11.9 Å². The maximum absolute atomic E-state index is 16.0. The Kier molecular flexibility index (Phi) is 12.3. The molecule has 0 radical (unpaired) electrons. The summed E-state index contributed by atoms with van der Waals surface area (Å²) in [5.74, 6) is -0.712. The van der Waals surface area contributed by atoms with Crippen molar-refractivity contribution in [1.29, 1.82) is 0 Å². The zero-order valence-electron chi connectivity index (χ0n) is 36.2. The average molecular weight is 898 g/mol. The number of pyridine rings is 1. The van der Waals surface area contributed by atoms with E-state index in [1.807, 2.05) is 32.0 Å². The molecule has 1 aliphatic carbocycles. The first-order chi connectivity index (χ1) is 30.8. The van der Waals surface area contributed by atoms with Gasteiger partial charge in [0.05, 0.1) is 30.5 Å². The second kappa shape index (κ2) is 18.1. The number of ether oxygens (including phenoxy) is 2. The SMILES string of the molecule is CNC(=O)COc1cc2cc(Nc3nc(N4CCC(OC5CN(C6CCC(c7ccc8c(c7F)CN(C7CCC(=O)NC7=O)C8=O)CC6)C5)CC4)ncc3Cl)ccc2n(C(C)C)c1=O. The molecule has 0 spiro atoms. The summed E-state index contributed by atoms with van der Waals surface area (Å²) in [6, 6.07) is 10.2. The normalized spacial score (nSPS) is 22.2. The molecule has 4 fully saturated rings. The fraction of sp³-hybridized carbons (Fsp3) is 0.500. The number of nitrogens with zero attached hydrogens (tertiary/aromatic N) is 6. The van der Waals surface area contributed by atoms with E-state index in [2.05, 4.69) is 30.7 Å². The number of piperidine rings is 2. The maximum Gasteiger partial charge on any atom is 0.293 e. The first-order valence-electron chi connectivity index (χ1n) is 22.3. The molecule has 9 rings (SSSR count). The highest BCUT2D eigenvalue weighted by atomic mass is 35.5. The molecule has 64 heavy (non-hydrogen) atoms. The Morgan fingerprint density at radius 1 is 0.984 bits per heavy atom. The number of rotatable bonds is 12. The summed E-state index contributed by atoms with van der Waals surface area (Å²) in [5.41, 5.74) is 2.42. The summed E-state index contributed by atoms with van der Waals surface area (Å²) in [5, 5.41) is 9.23. The minimum atomic E-state index is -0.768. The number of carbonyl (C=O) groups excluding carboxylic acids is 4. The van der Waals surface area contributed by atoms with Gasteiger partial charge in [-0.2, -0.15) is 4.98 Å². The number of amides is 4. The third-order valence-corrected chi connectivity index (χ3v) is 13.7. The highest BCUT2D eigenvalue weighted by Crippen LogP contribution is 2.41. The van der Waals surface area contributed by atoms with Crippen molar-refractivity contribution < 1.29 is 33.0 Å². The Bertz CT molecular complexity index is 2550. The molecule has 5 aliphatic rings. The Morgan fingerprint density at radius 2 is 1.75 bits per heavy atom. The van der Waals surface area contributed by atoms with Gasteiger partial charge >= 0.3 is 0 Å². The summed E-state index contributed by atoms with van der Waals surface area (Å²) in [4.78, 5) is 77.7. The fourth-order valence-electron chi connectivity index (χ4n) is 9.97. The van der Waals surface area contributed by atoms with Crippen LogP contribution in [0.15, 0.2) is 47.4 Å². The monoisotopic (exact) mass is 897 g/mol. The summed E-state index contributed by atoms with van der Waals surface area (Å²) >= 11 is 6.59. The molecular formula is C46H53ClFN9O7. The van der Waals surface area contributed by atoms with Crippen LogP contribution in [0, 0.1) is 5.82 Å². The molecule has 0 bridgehead atoms. The number of hydrogen-bond donors (Lipinski definition) is 3. The van der Waals surface area contributed by atoms with Gasteiger partial charge < -0.3 is 34.5 Å². The Hall–Kier alpha value is -5.65. The van der Waals surface area contributed by atoms with E-state index in [-0.39, 0.29) is 85.0 Å². The summed E-state index contributed by atoms with van der Waals surface area (Å²) in [7, 11) is 1.51. The van der Waals surface area contributed by atoms with Gasteiger partial charge in [-0.15, -0.1) is 0 Å². The summed E-state index contributed by atoms with van der Waals surface area (Å²) < 4.78 is 29.8. The number of aromatic nitrogens is 3. The number of halogens is 2. The van der Waals surface area contributed by atoms with E-state index in [0.717, 1.165) is 75.6 Å². The number of nitrogens with one attached hydrogen (secondary N) is 3. The number of anilines is 3. The number of hydrogen-bond acceptors (Lipinski definition) is 12. The van der Waals surface area contributed by atoms with Crippen LogP contribution < -0.4 is 31.1 Å². The molecule has 338 valence electrons. The Morgan fingerprint density at radius 3 is 2.47 bits per heavy atom. The molecule has 16 nitrogen and oxygen atoms in total. The molecule has 6 heterocycles. The van der Waals surface area contributed by atoms with Gasteiger partial charge in [-0.25, -0.2) is 9.37 Å². The van der Waals surface area contributed by atoms with Gasteiger partial charge in [-0.3, -0.25) is 34.2 Å². The largest absolute Gasteiger partial charge is 0.478 e. The number of benzene rings is 2. The molecule has 1 atom stereocenters. The van der Waals surface area contributed by atoms with Crippen molar-refractivity contribution >= 4 is 63.6 Å². The van der Waals surface area contributed by atoms with Crippen molar-refractivity contribution in [1.82, 2.24) is 35.0 Å². The fourth-order valence-corrected chi connectivity index (χ4v) is 10.1. The summed E-state index contributed by atoms with van der Waals surface area (Å²) in [6.45, 7) is 6.83. The molecule has 18 heteroatoms. The van der Waals surface area contributed by atoms with E-state index in [0.29, 0.717) is 45.2 Å². The lowest BCUT2D eigenvalue weighted by atomic mass is 9.79. The molecule has 3 N–H and O–H groups in total. The zero-order chi connectivity index (χ0) is 44.8. The van der Waals surface area contributed by atoms with E-state index in [4.69, 9.17) is 26.1 Å². The first kappa shape index (κ1) is 43.6. The van der Waals surface area contributed by atoms with E-state index in [9.17, 15) is 24.0 Å². The standard InChI is InChI=1S/C46H53ClFN9O7/c1-25(2)57-36-11-6-28(18-27(36)19-38(45(57)62)63-24-40(59)49-3)51-42-35(47)20-50-46(53-42)54-16-14-30(15-17-54)64-31-21-55(22-31)29-7-4-26(5-8-29)32-9-10-33-34(41(32)48)23-56(44(33)61)37-12-13-39(58)52-43(37)60/h6,9-11,18-20,25-26,29-31,37H,4-5,7-8,12-17,21-24H2,1-3H3,(H,49,59)(H,50,51,53)(H,52,58,60). The predicted octanol–water partition coefficient (Wildman–Crippen LogP) is 5.19.